The van der Waals surface area contributed by atoms with E-state index >= 15 is 0 Å². The molecule has 0 spiro atoms. The van der Waals surface area contributed by atoms with Crippen molar-refractivity contribution < 1.29 is 14.3 Å². The van der Waals surface area contributed by atoms with Crippen LogP contribution in [-0.2, 0) is 10.2 Å². The Kier molecular flexibility index (Phi) is 7.66. The van der Waals surface area contributed by atoms with Crippen LogP contribution in [0.5, 0.6) is 5.75 Å². The van der Waals surface area contributed by atoms with Crippen molar-refractivity contribution in [2.75, 3.05) is 23.0 Å². The molecule has 4 aromatic rings. The molecule has 3 aromatic carbocycles. The van der Waals surface area contributed by atoms with Gasteiger partial charge in [-0.2, -0.15) is 5.10 Å². The second-order valence-electron chi connectivity index (χ2n) is 10.9. The molecule has 39 heavy (non-hydrogen) atoms. The summed E-state index contributed by atoms with van der Waals surface area (Å²) in [6.07, 6.45) is 3.32. The smallest absolute Gasteiger partial charge is 0.324 e. The third-order valence-corrected chi connectivity index (χ3v) is 8.15. The third kappa shape index (κ3) is 5.96. The van der Waals surface area contributed by atoms with Crippen LogP contribution < -0.4 is 15.4 Å². The number of anilines is 2. The fourth-order valence-corrected chi connectivity index (χ4v) is 5.86. The maximum atomic E-state index is 13.1. The molecular formula is C31H34N4O3S. The van der Waals surface area contributed by atoms with Gasteiger partial charge >= 0.3 is 6.03 Å². The second kappa shape index (κ2) is 11.1. The monoisotopic (exact) mass is 542 g/mol. The average molecular weight is 543 g/mol. The Balaban J connectivity index is 1.32. The van der Waals surface area contributed by atoms with E-state index in [0.29, 0.717) is 24.5 Å². The summed E-state index contributed by atoms with van der Waals surface area (Å²) in [6.45, 7) is 9.04. The van der Waals surface area contributed by atoms with Gasteiger partial charge in [-0.05, 0) is 54.5 Å². The van der Waals surface area contributed by atoms with Crippen molar-refractivity contribution in [1.82, 2.24) is 9.78 Å². The van der Waals surface area contributed by atoms with Crippen LogP contribution in [0.25, 0.3) is 16.5 Å². The lowest BCUT2D eigenvalue weighted by atomic mass is 9.86. The van der Waals surface area contributed by atoms with Gasteiger partial charge in [-0.25, -0.2) is 9.48 Å². The van der Waals surface area contributed by atoms with Crippen LogP contribution in [0.15, 0.2) is 66.9 Å². The van der Waals surface area contributed by atoms with Gasteiger partial charge < -0.3 is 10.1 Å². The van der Waals surface area contributed by atoms with Crippen molar-refractivity contribution in [3.05, 3.63) is 78.0 Å². The molecule has 8 heteroatoms. The summed E-state index contributed by atoms with van der Waals surface area (Å²) in [5.74, 6) is 2.30. The number of thioether (sulfide) groups is 1. The topological polar surface area (TPSA) is 85.2 Å². The highest BCUT2D eigenvalue weighted by atomic mass is 32.2. The van der Waals surface area contributed by atoms with Crippen LogP contribution in [0.3, 0.4) is 0 Å². The van der Waals surface area contributed by atoms with E-state index in [9.17, 15) is 9.59 Å². The first-order valence-corrected chi connectivity index (χ1v) is 14.2. The van der Waals surface area contributed by atoms with Gasteiger partial charge in [-0.1, -0.05) is 68.9 Å². The van der Waals surface area contributed by atoms with Crippen molar-refractivity contribution in [2.45, 2.75) is 46.0 Å². The Labute approximate surface area is 233 Å². The Morgan fingerprint density at radius 1 is 1.08 bits per heavy atom. The summed E-state index contributed by atoms with van der Waals surface area (Å²) in [7, 11) is 0. The van der Waals surface area contributed by atoms with Gasteiger partial charge in [0.1, 0.15) is 11.6 Å². The predicted octanol–water partition coefficient (Wildman–Crippen LogP) is 7.32. The summed E-state index contributed by atoms with van der Waals surface area (Å²) in [6, 6.07) is 19.3. The fraction of sp³-hybridized carbons (Fsp3) is 0.323. The Hall–Kier alpha value is -3.78. The number of aryl methyl sites for hydroxylation is 1. The number of hydrogen-bond donors (Lipinski definition) is 2. The number of amides is 2. The molecule has 1 unspecified atom stereocenters. The molecule has 1 aliphatic rings. The molecule has 2 N–H and O–H groups in total. The lowest BCUT2D eigenvalue weighted by Crippen LogP contribution is -2.22. The number of urea groups is 1. The number of nitrogens with zero attached hydrogens (tertiary/aromatic N) is 2. The zero-order valence-electron chi connectivity index (χ0n) is 22.8. The Morgan fingerprint density at radius 2 is 1.87 bits per heavy atom. The number of carbonyl (C=O) groups excluding carboxylic acids is 2. The standard InChI is InChI=1S/C31H34N4O3S/c1-20-9-10-22(31(2,3)4)19-26(20)35-28(13-16-32-35)34-30(37)33-25-11-12-27(24-8-6-5-7-23(24)25)38-17-14-21-15-18-39-29(21)36/h5-13,16,19,21H,14-15,17-18H2,1-4H3,(H2,33,34,37). The molecule has 202 valence electrons. The van der Waals surface area contributed by atoms with E-state index in [4.69, 9.17) is 4.74 Å². The summed E-state index contributed by atoms with van der Waals surface area (Å²) in [4.78, 5) is 25.0. The number of carbonyl (C=O) groups is 2. The van der Waals surface area contributed by atoms with Gasteiger partial charge in [0.05, 0.1) is 24.2 Å². The SMILES string of the molecule is Cc1ccc(C(C)(C)C)cc1-n1nccc1NC(=O)Nc1ccc(OCCC2CCSC2=O)c2ccccc12. The number of aromatic nitrogens is 2. The normalized spacial score (nSPS) is 15.5. The average Bonchev–Trinajstić information content (AvgIpc) is 3.53. The largest absolute Gasteiger partial charge is 0.493 e. The highest BCUT2D eigenvalue weighted by Gasteiger charge is 2.25. The van der Waals surface area contributed by atoms with Gasteiger partial charge in [0.2, 0.25) is 0 Å². The first-order chi connectivity index (χ1) is 18.7. The van der Waals surface area contributed by atoms with Crippen LogP contribution >= 0.6 is 11.8 Å². The molecular weight excluding hydrogens is 508 g/mol. The summed E-state index contributed by atoms with van der Waals surface area (Å²) < 4.78 is 7.84. The highest BCUT2D eigenvalue weighted by molar-refractivity contribution is 8.14. The molecule has 1 fully saturated rings. The number of rotatable bonds is 7. The van der Waals surface area contributed by atoms with E-state index in [1.165, 1.54) is 17.3 Å². The van der Waals surface area contributed by atoms with E-state index in [0.717, 1.165) is 39.9 Å². The lowest BCUT2D eigenvalue weighted by Gasteiger charge is -2.21. The van der Waals surface area contributed by atoms with E-state index in [1.54, 1.807) is 16.9 Å². The number of benzene rings is 3. The van der Waals surface area contributed by atoms with Gasteiger partial charge in [0.15, 0.2) is 5.12 Å². The molecule has 1 saturated heterocycles. The van der Waals surface area contributed by atoms with Crippen molar-refractivity contribution in [3.8, 4) is 11.4 Å². The van der Waals surface area contributed by atoms with Crippen LogP contribution in [0.2, 0.25) is 0 Å². The molecule has 1 atom stereocenters. The molecule has 1 aliphatic heterocycles. The van der Waals surface area contributed by atoms with Crippen LogP contribution in [-0.4, -0.2) is 33.3 Å². The molecule has 0 bridgehead atoms. The minimum absolute atomic E-state index is 0.00942. The lowest BCUT2D eigenvalue weighted by molar-refractivity contribution is -0.114. The maximum absolute atomic E-state index is 13.1. The van der Waals surface area contributed by atoms with Crippen LogP contribution in [0.1, 0.15) is 44.7 Å². The van der Waals surface area contributed by atoms with Crippen LogP contribution in [0.4, 0.5) is 16.3 Å². The molecule has 2 amide bonds. The van der Waals surface area contributed by atoms with Crippen LogP contribution in [0, 0.1) is 12.8 Å². The van der Waals surface area contributed by atoms with Crippen molar-refractivity contribution in [2.24, 2.45) is 5.92 Å². The van der Waals surface area contributed by atoms with Gasteiger partial charge in [-0.15, -0.1) is 0 Å². The van der Waals surface area contributed by atoms with Crippen molar-refractivity contribution >= 4 is 45.2 Å². The number of nitrogens with one attached hydrogen (secondary N) is 2. The minimum Gasteiger partial charge on any atom is -0.493 e. The summed E-state index contributed by atoms with van der Waals surface area (Å²) in [5.41, 5.74) is 3.84. The summed E-state index contributed by atoms with van der Waals surface area (Å²) in [5, 5.41) is 12.5. The quantitative estimate of drug-likeness (QED) is 0.255. The van der Waals surface area contributed by atoms with Crippen molar-refractivity contribution in [3.63, 3.8) is 0 Å². The van der Waals surface area contributed by atoms with Crippen molar-refractivity contribution in [1.29, 1.82) is 0 Å². The van der Waals surface area contributed by atoms with E-state index in [1.807, 2.05) is 43.3 Å². The molecule has 2 heterocycles. The minimum atomic E-state index is -0.363. The zero-order valence-corrected chi connectivity index (χ0v) is 23.6. The van der Waals surface area contributed by atoms with Gasteiger partial charge in [0.25, 0.3) is 0 Å². The fourth-order valence-electron chi connectivity index (χ4n) is 4.78. The second-order valence-corrected chi connectivity index (χ2v) is 12.0. The number of fused-ring (bicyclic) bond motifs is 1. The van der Waals surface area contributed by atoms with Gasteiger partial charge in [-0.3, -0.25) is 10.1 Å². The molecule has 0 radical (unpaired) electrons. The Bertz CT molecular complexity index is 1520. The maximum Gasteiger partial charge on any atom is 0.324 e. The van der Waals surface area contributed by atoms with Gasteiger partial charge in [0, 0.05) is 28.5 Å². The zero-order chi connectivity index (χ0) is 27.6. The first kappa shape index (κ1) is 26.8. The Morgan fingerprint density at radius 3 is 2.62 bits per heavy atom. The first-order valence-electron chi connectivity index (χ1n) is 13.3. The third-order valence-electron chi connectivity index (χ3n) is 7.09. The molecule has 7 nitrogen and oxygen atoms in total. The van der Waals surface area contributed by atoms with E-state index in [-0.39, 0.29) is 22.5 Å². The number of hydrogen-bond acceptors (Lipinski definition) is 5. The molecule has 0 aliphatic carbocycles. The molecule has 1 aromatic heterocycles. The number of ether oxygens (including phenoxy) is 1. The predicted molar refractivity (Wildman–Crippen MR) is 159 cm³/mol. The van der Waals surface area contributed by atoms with E-state index in [2.05, 4.69) is 54.7 Å². The highest BCUT2D eigenvalue weighted by Crippen LogP contribution is 2.33. The molecule has 5 rings (SSSR count). The summed E-state index contributed by atoms with van der Waals surface area (Å²) >= 11 is 1.42. The van der Waals surface area contributed by atoms with E-state index < -0.39 is 0 Å². The molecule has 0 saturated carbocycles.